The van der Waals surface area contributed by atoms with E-state index in [1.54, 1.807) is 0 Å². The minimum Gasteiger partial charge on any atom is -0.477 e. The molecule has 0 amide bonds. The predicted molar refractivity (Wildman–Crippen MR) is 117 cm³/mol. The molecule has 1 heterocycles. The number of hydrogen-bond acceptors (Lipinski definition) is 6. The molecule has 28 heavy (non-hydrogen) atoms. The Morgan fingerprint density at radius 2 is 2.00 bits per heavy atom. The highest BCUT2D eigenvalue weighted by Gasteiger charge is 2.22. The summed E-state index contributed by atoms with van der Waals surface area (Å²) < 4.78 is 0. The van der Waals surface area contributed by atoms with Gasteiger partial charge in [-0.15, -0.1) is 11.8 Å². The van der Waals surface area contributed by atoms with Gasteiger partial charge in [0.25, 0.3) is 0 Å². The van der Waals surface area contributed by atoms with Crippen molar-refractivity contribution in [1.82, 2.24) is 9.97 Å². The van der Waals surface area contributed by atoms with Gasteiger partial charge in [-0.3, -0.25) is 0 Å². The third kappa shape index (κ3) is 5.55. The molecule has 3 rings (SSSR count). The Kier molecular flexibility index (Phi) is 7.88. The average Bonchev–Trinajstić information content (AvgIpc) is 2.71. The number of nitrogens with zero attached hydrogens (tertiary/aromatic N) is 2. The van der Waals surface area contributed by atoms with Gasteiger partial charge in [0.05, 0.1) is 0 Å². The minimum atomic E-state index is -1.01. The normalized spacial score (nSPS) is 14.8. The zero-order chi connectivity index (χ0) is 19.9. The summed E-state index contributed by atoms with van der Waals surface area (Å²) in [4.78, 5) is 20.9. The van der Waals surface area contributed by atoms with Gasteiger partial charge in [0.15, 0.2) is 5.16 Å². The zero-order valence-corrected chi connectivity index (χ0v) is 18.2. The highest BCUT2D eigenvalue weighted by molar-refractivity contribution is 7.99. The molecule has 1 aliphatic rings. The Bertz CT molecular complexity index is 829. The molecule has 0 radical (unpaired) electrons. The molecule has 2 aromatic rings. The summed E-state index contributed by atoms with van der Waals surface area (Å²) in [5, 5.41) is 14.8. The fourth-order valence-corrected chi connectivity index (χ4v) is 5.06. The van der Waals surface area contributed by atoms with E-state index in [1.807, 2.05) is 30.5 Å². The molecule has 150 valence electrons. The van der Waals surface area contributed by atoms with Crippen LogP contribution < -0.4 is 5.32 Å². The topological polar surface area (TPSA) is 75.1 Å². The van der Waals surface area contributed by atoms with Gasteiger partial charge in [-0.2, -0.15) is 0 Å². The molecule has 5 nitrogen and oxygen atoms in total. The first kappa shape index (κ1) is 21.3. The maximum Gasteiger partial charge on any atom is 0.342 e. The average molecular weight is 438 g/mol. The molecule has 1 saturated carbocycles. The third-order valence-electron chi connectivity index (χ3n) is 4.86. The lowest BCUT2D eigenvalue weighted by atomic mass is 9.89. The maximum absolute atomic E-state index is 12.0. The van der Waals surface area contributed by atoms with Crippen LogP contribution in [0.25, 0.3) is 0 Å². The first-order valence-corrected chi connectivity index (χ1v) is 12.0. The number of aromatic carboxylic acids is 1. The van der Waals surface area contributed by atoms with Crippen molar-refractivity contribution in [3.05, 3.63) is 40.4 Å². The van der Waals surface area contributed by atoms with E-state index in [2.05, 4.69) is 15.3 Å². The van der Waals surface area contributed by atoms with E-state index in [-0.39, 0.29) is 5.56 Å². The number of halogens is 1. The van der Waals surface area contributed by atoms with Crippen molar-refractivity contribution in [2.75, 3.05) is 18.1 Å². The summed E-state index contributed by atoms with van der Waals surface area (Å²) >= 11 is 9.03. The molecular formula is C20H24ClN3O2S2. The van der Waals surface area contributed by atoms with Crippen LogP contribution >= 0.6 is 35.1 Å². The van der Waals surface area contributed by atoms with Crippen LogP contribution in [0.2, 0.25) is 5.02 Å². The van der Waals surface area contributed by atoms with Crippen molar-refractivity contribution in [3.8, 4) is 0 Å². The number of rotatable bonds is 8. The second-order valence-corrected chi connectivity index (χ2v) is 8.95. The van der Waals surface area contributed by atoms with Crippen LogP contribution in [-0.2, 0) is 5.75 Å². The van der Waals surface area contributed by atoms with Crippen LogP contribution in [-0.4, -0.2) is 33.8 Å². The summed E-state index contributed by atoms with van der Waals surface area (Å²) in [6, 6.07) is 7.57. The van der Waals surface area contributed by atoms with Crippen molar-refractivity contribution < 1.29 is 9.90 Å². The smallest absolute Gasteiger partial charge is 0.342 e. The van der Waals surface area contributed by atoms with Crippen LogP contribution in [0.15, 0.2) is 34.4 Å². The Morgan fingerprint density at radius 1 is 1.25 bits per heavy atom. The monoisotopic (exact) mass is 437 g/mol. The summed E-state index contributed by atoms with van der Waals surface area (Å²) in [6.45, 7) is 0.750. The molecule has 0 spiro atoms. The van der Waals surface area contributed by atoms with Crippen LogP contribution in [0.3, 0.4) is 0 Å². The molecule has 0 unspecified atom stereocenters. The summed E-state index contributed by atoms with van der Waals surface area (Å²) in [7, 11) is 0. The van der Waals surface area contributed by atoms with Crippen LogP contribution in [0.1, 0.15) is 48.0 Å². The summed E-state index contributed by atoms with van der Waals surface area (Å²) in [6.07, 6.45) is 8.05. The van der Waals surface area contributed by atoms with E-state index < -0.39 is 5.97 Å². The molecule has 1 aliphatic carbocycles. The quantitative estimate of drug-likeness (QED) is 0.305. The number of carbonyl (C=O) groups is 1. The Morgan fingerprint density at radius 3 is 2.68 bits per heavy atom. The van der Waals surface area contributed by atoms with Crippen LogP contribution in [0.5, 0.6) is 0 Å². The molecule has 2 N–H and O–H groups in total. The van der Waals surface area contributed by atoms with Gasteiger partial charge in [-0.05, 0) is 36.6 Å². The summed E-state index contributed by atoms with van der Waals surface area (Å²) in [5.74, 6) is 0.522. The van der Waals surface area contributed by atoms with Crippen molar-refractivity contribution in [2.45, 2.75) is 48.0 Å². The minimum absolute atomic E-state index is 0.144. The molecular weight excluding hydrogens is 414 g/mol. The number of thioether (sulfide) groups is 2. The van der Waals surface area contributed by atoms with E-state index in [4.69, 9.17) is 11.6 Å². The van der Waals surface area contributed by atoms with Gasteiger partial charge in [0.2, 0.25) is 0 Å². The van der Waals surface area contributed by atoms with Crippen molar-refractivity contribution in [3.63, 3.8) is 0 Å². The van der Waals surface area contributed by atoms with Gasteiger partial charge >= 0.3 is 5.97 Å². The maximum atomic E-state index is 12.0. The van der Waals surface area contributed by atoms with Gasteiger partial charge in [0, 0.05) is 17.3 Å². The Hall–Kier alpha value is -1.44. The lowest BCUT2D eigenvalue weighted by Crippen LogP contribution is -2.20. The first-order chi connectivity index (χ1) is 13.6. The van der Waals surface area contributed by atoms with Gasteiger partial charge in [-0.1, -0.05) is 60.8 Å². The molecule has 1 aromatic heterocycles. The highest BCUT2D eigenvalue weighted by Crippen LogP contribution is 2.32. The zero-order valence-electron chi connectivity index (χ0n) is 15.8. The molecule has 0 bridgehead atoms. The second-order valence-electron chi connectivity index (χ2n) is 6.81. The molecule has 0 saturated heterocycles. The molecule has 1 aromatic carbocycles. The number of carboxylic acid groups (broad SMARTS) is 1. The second kappa shape index (κ2) is 10.4. The number of carboxylic acids is 1. The Labute approximate surface area is 179 Å². The largest absolute Gasteiger partial charge is 0.477 e. The van der Waals surface area contributed by atoms with E-state index in [9.17, 15) is 9.90 Å². The van der Waals surface area contributed by atoms with Crippen molar-refractivity contribution >= 4 is 46.9 Å². The van der Waals surface area contributed by atoms with Crippen LogP contribution in [0, 0.1) is 5.92 Å². The Balaban J connectivity index is 1.83. The van der Waals surface area contributed by atoms with Gasteiger partial charge in [-0.25, -0.2) is 14.8 Å². The number of benzene rings is 1. The van der Waals surface area contributed by atoms with Crippen LogP contribution in [0.4, 0.5) is 5.82 Å². The van der Waals surface area contributed by atoms with Crippen molar-refractivity contribution in [2.24, 2.45) is 5.92 Å². The lowest BCUT2D eigenvalue weighted by Gasteiger charge is -2.22. The van der Waals surface area contributed by atoms with Gasteiger partial charge in [0.1, 0.15) is 16.4 Å². The number of aromatic nitrogens is 2. The SMILES string of the molecule is CSc1nc(NCC2CCCCC2)c(C(=O)O)c(SCc2ccccc2Cl)n1. The first-order valence-electron chi connectivity index (χ1n) is 9.38. The third-order valence-corrected chi connectivity index (χ3v) is 6.80. The number of anilines is 1. The standard InChI is InChI=1S/C20H24ClN3O2S2/c1-27-20-23-17(22-11-13-7-3-2-4-8-13)16(19(25)26)18(24-20)28-12-14-9-5-6-10-15(14)21/h5-6,9-10,13H,2-4,7-8,11-12H2,1H3,(H,25,26)(H,22,23,24). The van der Waals surface area contributed by atoms with E-state index >= 15 is 0 Å². The summed E-state index contributed by atoms with van der Waals surface area (Å²) in [5.41, 5.74) is 1.09. The fraction of sp³-hybridized carbons (Fsp3) is 0.450. The van der Waals surface area contributed by atoms with Gasteiger partial charge < -0.3 is 10.4 Å². The van der Waals surface area contributed by atoms with E-state index in [0.29, 0.717) is 32.7 Å². The highest BCUT2D eigenvalue weighted by atomic mass is 35.5. The van der Waals surface area contributed by atoms with E-state index in [0.717, 1.165) is 12.1 Å². The molecule has 0 atom stereocenters. The fourth-order valence-electron chi connectivity index (χ4n) is 3.33. The van der Waals surface area contributed by atoms with E-state index in [1.165, 1.54) is 55.6 Å². The molecule has 8 heteroatoms. The number of nitrogens with one attached hydrogen (secondary N) is 1. The molecule has 0 aliphatic heterocycles. The predicted octanol–water partition coefficient (Wildman–Crippen LogP) is 5.83. The number of hydrogen-bond donors (Lipinski definition) is 2. The lowest BCUT2D eigenvalue weighted by molar-refractivity contribution is 0.0692. The van der Waals surface area contributed by atoms with Crippen molar-refractivity contribution in [1.29, 1.82) is 0 Å². The molecule has 1 fully saturated rings.